The fraction of sp³-hybridized carbons (Fsp3) is 0.833. The molecule has 60 valence electrons. The van der Waals surface area contributed by atoms with Crippen LogP contribution in [0.5, 0.6) is 0 Å². The number of carboxylic acids is 1. The number of hydrogen-bond donors (Lipinski definition) is 3. The van der Waals surface area contributed by atoms with Gasteiger partial charge in [-0.1, -0.05) is 0 Å². The lowest BCUT2D eigenvalue weighted by Gasteiger charge is -2.14. The molecule has 0 saturated carbocycles. The quantitative estimate of drug-likeness (QED) is 0.495. The molecule has 0 aromatic carbocycles. The SMILES string of the molecule is CC(CN)NC(C)C(=O)O. The first-order valence-corrected chi connectivity index (χ1v) is 3.26. The van der Waals surface area contributed by atoms with E-state index < -0.39 is 12.0 Å². The molecule has 0 aliphatic rings. The average molecular weight is 146 g/mol. The molecular formula is C6H14N2O2. The fourth-order valence-electron chi connectivity index (χ4n) is 0.566. The van der Waals surface area contributed by atoms with Crippen LogP contribution in [0.1, 0.15) is 13.8 Å². The predicted molar refractivity (Wildman–Crippen MR) is 38.7 cm³/mol. The molecule has 4 heteroatoms. The smallest absolute Gasteiger partial charge is 0.320 e. The van der Waals surface area contributed by atoms with Crippen LogP contribution >= 0.6 is 0 Å². The lowest BCUT2D eigenvalue weighted by Crippen LogP contribution is -2.43. The van der Waals surface area contributed by atoms with E-state index in [0.717, 1.165) is 0 Å². The summed E-state index contributed by atoms with van der Waals surface area (Å²) in [6, 6.07) is -0.454. The number of aliphatic carboxylic acids is 1. The predicted octanol–water partition coefficient (Wildman–Crippen LogP) is -0.604. The third-order valence-electron chi connectivity index (χ3n) is 1.26. The van der Waals surface area contributed by atoms with E-state index in [1.165, 1.54) is 0 Å². The highest BCUT2D eigenvalue weighted by atomic mass is 16.4. The minimum atomic E-state index is -0.847. The Labute approximate surface area is 60.4 Å². The van der Waals surface area contributed by atoms with Gasteiger partial charge in [0, 0.05) is 12.6 Å². The molecule has 0 heterocycles. The van der Waals surface area contributed by atoms with Gasteiger partial charge in [0.2, 0.25) is 0 Å². The van der Waals surface area contributed by atoms with Crippen molar-refractivity contribution in [1.29, 1.82) is 0 Å². The number of hydrogen-bond acceptors (Lipinski definition) is 3. The highest BCUT2D eigenvalue weighted by Crippen LogP contribution is 1.84. The van der Waals surface area contributed by atoms with Crippen LogP contribution in [0.15, 0.2) is 0 Å². The second-order valence-electron chi connectivity index (χ2n) is 2.36. The molecule has 4 nitrogen and oxygen atoms in total. The van der Waals surface area contributed by atoms with Crippen molar-refractivity contribution in [3.8, 4) is 0 Å². The van der Waals surface area contributed by atoms with Crippen LogP contribution in [0.3, 0.4) is 0 Å². The first kappa shape index (κ1) is 9.39. The van der Waals surface area contributed by atoms with E-state index >= 15 is 0 Å². The summed E-state index contributed by atoms with van der Waals surface area (Å²) in [4.78, 5) is 10.2. The number of nitrogens with one attached hydrogen (secondary N) is 1. The summed E-state index contributed by atoms with van der Waals surface area (Å²) in [6.45, 7) is 3.89. The van der Waals surface area contributed by atoms with Crippen LogP contribution in [0.2, 0.25) is 0 Å². The molecule has 0 spiro atoms. The Morgan fingerprint density at radius 1 is 1.70 bits per heavy atom. The molecule has 0 fully saturated rings. The van der Waals surface area contributed by atoms with E-state index in [2.05, 4.69) is 5.32 Å². The topological polar surface area (TPSA) is 75.3 Å². The zero-order valence-electron chi connectivity index (χ0n) is 6.29. The first-order valence-electron chi connectivity index (χ1n) is 3.26. The van der Waals surface area contributed by atoms with Crippen molar-refractivity contribution in [3.05, 3.63) is 0 Å². The Morgan fingerprint density at radius 3 is 2.50 bits per heavy atom. The van der Waals surface area contributed by atoms with Crippen molar-refractivity contribution in [2.75, 3.05) is 6.54 Å². The van der Waals surface area contributed by atoms with Crippen LogP contribution < -0.4 is 11.1 Å². The van der Waals surface area contributed by atoms with E-state index in [-0.39, 0.29) is 6.04 Å². The van der Waals surface area contributed by atoms with Crippen molar-refractivity contribution < 1.29 is 9.90 Å². The van der Waals surface area contributed by atoms with Gasteiger partial charge in [-0.2, -0.15) is 0 Å². The van der Waals surface area contributed by atoms with Crippen molar-refractivity contribution >= 4 is 5.97 Å². The number of nitrogens with two attached hydrogens (primary N) is 1. The molecule has 0 saturated heterocycles. The monoisotopic (exact) mass is 146 g/mol. The van der Waals surface area contributed by atoms with Crippen molar-refractivity contribution in [1.82, 2.24) is 5.32 Å². The standard InChI is InChI=1S/C6H14N2O2/c1-4(3-7)8-5(2)6(9)10/h4-5,8H,3,7H2,1-2H3,(H,9,10). The zero-order chi connectivity index (χ0) is 8.15. The molecule has 4 N–H and O–H groups in total. The van der Waals surface area contributed by atoms with Gasteiger partial charge >= 0.3 is 5.97 Å². The van der Waals surface area contributed by atoms with Gasteiger partial charge < -0.3 is 16.2 Å². The molecule has 0 aromatic heterocycles. The molecule has 0 aromatic rings. The second kappa shape index (κ2) is 4.24. The molecule has 0 aliphatic carbocycles. The van der Waals surface area contributed by atoms with E-state index in [9.17, 15) is 4.79 Å². The van der Waals surface area contributed by atoms with Crippen molar-refractivity contribution in [2.24, 2.45) is 5.73 Å². The molecule has 0 radical (unpaired) electrons. The molecule has 10 heavy (non-hydrogen) atoms. The van der Waals surface area contributed by atoms with E-state index in [1.807, 2.05) is 6.92 Å². The maximum Gasteiger partial charge on any atom is 0.320 e. The minimum absolute atomic E-state index is 0.0612. The largest absolute Gasteiger partial charge is 0.480 e. The van der Waals surface area contributed by atoms with Gasteiger partial charge in [0.15, 0.2) is 0 Å². The Bertz CT molecular complexity index is 116. The van der Waals surface area contributed by atoms with E-state index in [1.54, 1.807) is 6.92 Å². The average Bonchev–Trinajstić information content (AvgIpc) is 1.87. The van der Waals surface area contributed by atoms with Gasteiger partial charge in [-0.3, -0.25) is 4.79 Å². The highest BCUT2D eigenvalue weighted by molar-refractivity contribution is 5.72. The summed E-state index contributed by atoms with van der Waals surface area (Å²) in [5.41, 5.74) is 5.27. The Hall–Kier alpha value is -0.610. The van der Waals surface area contributed by atoms with Crippen LogP contribution in [0.4, 0.5) is 0 Å². The maximum atomic E-state index is 10.2. The van der Waals surface area contributed by atoms with Crippen molar-refractivity contribution in [2.45, 2.75) is 25.9 Å². The van der Waals surface area contributed by atoms with Crippen LogP contribution in [-0.2, 0) is 4.79 Å². The summed E-state index contributed by atoms with van der Waals surface area (Å²) >= 11 is 0. The highest BCUT2D eigenvalue weighted by Gasteiger charge is 2.11. The third-order valence-corrected chi connectivity index (χ3v) is 1.26. The lowest BCUT2D eigenvalue weighted by atomic mass is 10.2. The summed E-state index contributed by atoms with van der Waals surface area (Å²) in [7, 11) is 0. The van der Waals surface area contributed by atoms with Gasteiger partial charge in [-0.05, 0) is 13.8 Å². The van der Waals surface area contributed by atoms with Gasteiger partial charge in [0.25, 0.3) is 0 Å². The number of carbonyl (C=O) groups is 1. The first-order chi connectivity index (χ1) is 4.57. The van der Waals surface area contributed by atoms with Gasteiger partial charge in [-0.25, -0.2) is 0 Å². The van der Waals surface area contributed by atoms with Crippen LogP contribution in [0, 0.1) is 0 Å². The van der Waals surface area contributed by atoms with E-state index in [4.69, 9.17) is 10.8 Å². The summed E-state index contributed by atoms with van der Waals surface area (Å²) in [5.74, 6) is -0.847. The Balaban J connectivity index is 3.56. The van der Waals surface area contributed by atoms with Gasteiger partial charge in [0.1, 0.15) is 6.04 Å². The van der Waals surface area contributed by atoms with Gasteiger partial charge in [-0.15, -0.1) is 0 Å². The van der Waals surface area contributed by atoms with E-state index in [0.29, 0.717) is 6.54 Å². The minimum Gasteiger partial charge on any atom is -0.480 e. The zero-order valence-corrected chi connectivity index (χ0v) is 6.29. The molecule has 0 amide bonds. The Morgan fingerprint density at radius 2 is 2.20 bits per heavy atom. The summed E-state index contributed by atoms with van der Waals surface area (Å²) in [6.07, 6.45) is 0. The molecular weight excluding hydrogens is 132 g/mol. The Kier molecular flexibility index (Phi) is 3.99. The number of rotatable bonds is 4. The molecule has 0 rings (SSSR count). The van der Waals surface area contributed by atoms with Crippen LogP contribution in [-0.4, -0.2) is 29.7 Å². The van der Waals surface area contributed by atoms with Crippen LogP contribution in [0.25, 0.3) is 0 Å². The molecule has 2 unspecified atom stereocenters. The number of carboxylic acid groups (broad SMARTS) is 1. The fourth-order valence-corrected chi connectivity index (χ4v) is 0.566. The summed E-state index contributed by atoms with van der Waals surface area (Å²) < 4.78 is 0. The molecule has 0 aliphatic heterocycles. The maximum absolute atomic E-state index is 10.2. The molecule has 0 bridgehead atoms. The third kappa shape index (κ3) is 3.42. The normalized spacial score (nSPS) is 16.3. The molecule has 2 atom stereocenters. The lowest BCUT2D eigenvalue weighted by molar-refractivity contribution is -0.139. The summed E-state index contributed by atoms with van der Waals surface area (Å²) in [5, 5.41) is 11.2. The van der Waals surface area contributed by atoms with Gasteiger partial charge in [0.05, 0.1) is 0 Å². The van der Waals surface area contributed by atoms with Crippen molar-refractivity contribution in [3.63, 3.8) is 0 Å². The second-order valence-corrected chi connectivity index (χ2v) is 2.36.